The summed E-state index contributed by atoms with van der Waals surface area (Å²) in [5.41, 5.74) is 3.87. The van der Waals surface area contributed by atoms with Crippen molar-refractivity contribution in [1.29, 1.82) is 0 Å². The zero-order valence-electron chi connectivity index (χ0n) is 16.2. The predicted molar refractivity (Wildman–Crippen MR) is 123 cm³/mol. The molecule has 1 aliphatic rings. The molecule has 1 saturated heterocycles. The highest BCUT2D eigenvalue weighted by Crippen LogP contribution is 2.34. The molecule has 0 unspecified atom stereocenters. The van der Waals surface area contributed by atoms with Crippen LogP contribution in [-0.2, 0) is 11.4 Å². The largest absolute Gasteiger partial charge is 0.488 e. The fraction of sp³-hybridized carbons (Fsp3) is 0.130. The molecule has 4 nitrogen and oxygen atoms in total. The van der Waals surface area contributed by atoms with Gasteiger partial charge in [0.2, 0.25) is 0 Å². The van der Waals surface area contributed by atoms with E-state index in [1.807, 2.05) is 91.3 Å². The average molecular weight is 421 g/mol. The molecular weight excluding hydrogens is 400 g/mol. The summed E-state index contributed by atoms with van der Waals surface area (Å²) in [6.45, 7) is 4.39. The van der Waals surface area contributed by atoms with Crippen LogP contribution in [0.15, 0.2) is 71.6 Å². The third kappa shape index (κ3) is 3.99. The van der Waals surface area contributed by atoms with Gasteiger partial charge in [-0.25, -0.2) is 0 Å². The Morgan fingerprint density at radius 3 is 2.34 bits per heavy atom. The van der Waals surface area contributed by atoms with E-state index < -0.39 is 0 Å². The molecule has 0 bridgehead atoms. The molecule has 0 radical (unpaired) electrons. The first-order valence-corrected chi connectivity index (χ1v) is 10.5. The lowest BCUT2D eigenvalue weighted by Crippen LogP contribution is -2.39. The second-order valence-corrected chi connectivity index (χ2v) is 8.41. The number of thioether (sulfide) groups is 1. The molecule has 1 fully saturated rings. The maximum Gasteiger partial charge on any atom is 0.285 e. The van der Waals surface area contributed by atoms with Gasteiger partial charge in [0.1, 0.15) is 12.4 Å². The van der Waals surface area contributed by atoms with Gasteiger partial charge in [0, 0.05) is 17.0 Å². The normalized spacial score (nSPS) is 15.4. The lowest BCUT2D eigenvalue weighted by atomic mass is 10.2. The topological polar surface area (TPSA) is 34.5 Å². The lowest BCUT2D eigenvalue weighted by Gasteiger charge is -2.20. The van der Waals surface area contributed by atoms with Crippen LogP contribution in [0.5, 0.6) is 5.75 Å². The highest BCUT2D eigenvalue weighted by molar-refractivity contribution is 8.27. The number of hydrogen-bond acceptors (Lipinski definition) is 4. The highest BCUT2D eigenvalue weighted by atomic mass is 32.2. The molecule has 1 amide bonds. The summed E-state index contributed by atoms with van der Waals surface area (Å²) >= 11 is 6.81. The first-order valence-electron chi connectivity index (χ1n) is 9.23. The first-order chi connectivity index (χ1) is 14.0. The van der Waals surface area contributed by atoms with Gasteiger partial charge in [0.15, 0.2) is 4.32 Å². The minimum absolute atomic E-state index is 0.125. The first kappa shape index (κ1) is 19.5. The Hall–Kier alpha value is -2.83. The van der Waals surface area contributed by atoms with E-state index in [-0.39, 0.29) is 5.91 Å². The van der Waals surface area contributed by atoms with Crippen molar-refractivity contribution >= 4 is 40.3 Å². The van der Waals surface area contributed by atoms with E-state index in [0.29, 0.717) is 15.8 Å². The van der Waals surface area contributed by atoms with Gasteiger partial charge in [-0.2, -0.15) is 5.01 Å². The van der Waals surface area contributed by atoms with Crippen LogP contribution >= 0.6 is 24.0 Å². The van der Waals surface area contributed by atoms with Crippen molar-refractivity contribution in [1.82, 2.24) is 4.68 Å². The van der Waals surface area contributed by atoms with Crippen LogP contribution in [-0.4, -0.2) is 14.9 Å². The number of aromatic nitrogens is 1. The summed E-state index contributed by atoms with van der Waals surface area (Å²) in [6, 6.07) is 21.7. The molecule has 0 aliphatic carbocycles. The second-order valence-electron chi connectivity index (χ2n) is 6.73. The van der Waals surface area contributed by atoms with E-state index in [2.05, 4.69) is 0 Å². The van der Waals surface area contributed by atoms with Gasteiger partial charge >= 0.3 is 0 Å². The lowest BCUT2D eigenvalue weighted by molar-refractivity contribution is -0.114. The number of rotatable bonds is 5. The number of nitrogens with zero attached hydrogens (tertiary/aromatic N) is 2. The molecule has 2 heterocycles. The van der Waals surface area contributed by atoms with Gasteiger partial charge in [0.25, 0.3) is 5.91 Å². The third-order valence-electron chi connectivity index (χ3n) is 4.65. The molecule has 2 aromatic carbocycles. The zero-order valence-corrected chi connectivity index (χ0v) is 17.8. The van der Waals surface area contributed by atoms with Crippen LogP contribution in [0.1, 0.15) is 22.5 Å². The Bertz CT molecular complexity index is 1080. The van der Waals surface area contributed by atoms with Gasteiger partial charge in [0.05, 0.1) is 4.91 Å². The Morgan fingerprint density at radius 1 is 0.966 bits per heavy atom. The van der Waals surface area contributed by atoms with Crippen LogP contribution in [0.4, 0.5) is 0 Å². The fourth-order valence-electron chi connectivity index (χ4n) is 3.22. The summed E-state index contributed by atoms with van der Waals surface area (Å²) in [5, 5.41) is 1.56. The maximum absolute atomic E-state index is 13.1. The summed E-state index contributed by atoms with van der Waals surface area (Å²) in [6.07, 6.45) is 1.85. The number of carbonyl (C=O) groups excluding carboxylic acids is 1. The molecule has 1 aromatic heterocycles. The van der Waals surface area contributed by atoms with Crippen molar-refractivity contribution in [3.05, 3.63) is 94.1 Å². The van der Waals surface area contributed by atoms with Gasteiger partial charge in [-0.05, 0) is 55.9 Å². The fourth-order valence-corrected chi connectivity index (χ4v) is 4.45. The summed E-state index contributed by atoms with van der Waals surface area (Å²) in [5.74, 6) is 0.607. The van der Waals surface area contributed by atoms with Crippen molar-refractivity contribution in [2.75, 3.05) is 5.01 Å². The van der Waals surface area contributed by atoms with Crippen molar-refractivity contribution in [3.63, 3.8) is 0 Å². The summed E-state index contributed by atoms with van der Waals surface area (Å²) in [7, 11) is 0. The molecule has 1 aliphatic heterocycles. The SMILES string of the molecule is Cc1ccc(C)n1N1C(=O)/C(=C\c2ccccc2OCc2ccccc2)SC1=S. The Balaban J connectivity index is 1.60. The van der Waals surface area contributed by atoms with E-state index in [1.165, 1.54) is 11.8 Å². The van der Waals surface area contributed by atoms with Gasteiger partial charge in [-0.3, -0.25) is 9.47 Å². The van der Waals surface area contributed by atoms with Crippen LogP contribution in [0, 0.1) is 13.8 Å². The van der Waals surface area contributed by atoms with E-state index >= 15 is 0 Å². The minimum atomic E-state index is -0.125. The number of amides is 1. The van der Waals surface area contributed by atoms with E-state index in [4.69, 9.17) is 17.0 Å². The van der Waals surface area contributed by atoms with Crippen molar-refractivity contribution < 1.29 is 9.53 Å². The van der Waals surface area contributed by atoms with Crippen molar-refractivity contribution in [2.45, 2.75) is 20.5 Å². The third-order valence-corrected chi connectivity index (χ3v) is 5.93. The summed E-state index contributed by atoms with van der Waals surface area (Å²) in [4.78, 5) is 13.7. The molecule has 0 atom stereocenters. The molecule has 29 heavy (non-hydrogen) atoms. The van der Waals surface area contributed by atoms with Crippen LogP contribution in [0.25, 0.3) is 6.08 Å². The van der Waals surface area contributed by atoms with Crippen LogP contribution in [0.2, 0.25) is 0 Å². The zero-order chi connectivity index (χ0) is 20.4. The van der Waals surface area contributed by atoms with Crippen LogP contribution in [0.3, 0.4) is 0 Å². The van der Waals surface area contributed by atoms with E-state index in [9.17, 15) is 4.79 Å². The smallest absolute Gasteiger partial charge is 0.285 e. The standard InChI is InChI=1S/C23H20N2O2S2/c1-16-12-13-17(2)24(16)25-22(26)21(29-23(25)28)14-19-10-6-7-11-20(19)27-15-18-8-4-3-5-9-18/h3-14H,15H2,1-2H3/b21-14+. The molecule has 0 N–H and O–H groups in total. The number of hydrogen-bond donors (Lipinski definition) is 0. The van der Waals surface area contributed by atoms with Crippen LogP contribution < -0.4 is 9.75 Å². The molecule has 146 valence electrons. The quantitative estimate of drug-likeness (QED) is 0.419. The van der Waals surface area contributed by atoms with E-state index in [1.54, 1.807) is 5.01 Å². The van der Waals surface area contributed by atoms with Gasteiger partial charge < -0.3 is 4.74 Å². The predicted octanol–water partition coefficient (Wildman–Crippen LogP) is 5.22. The number of aryl methyl sites for hydroxylation is 2. The Kier molecular flexibility index (Phi) is 5.56. The number of benzene rings is 2. The van der Waals surface area contributed by atoms with Crippen molar-refractivity contribution in [2.24, 2.45) is 0 Å². The minimum Gasteiger partial charge on any atom is -0.488 e. The second kappa shape index (κ2) is 8.27. The van der Waals surface area contributed by atoms with Crippen molar-refractivity contribution in [3.8, 4) is 5.75 Å². The van der Waals surface area contributed by atoms with Gasteiger partial charge in [-0.15, -0.1) is 0 Å². The number of carbonyl (C=O) groups is 1. The molecule has 0 spiro atoms. The average Bonchev–Trinajstić information content (AvgIpc) is 3.19. The molecule has 6 heteroatoms. The van der Waals surface area contributed by atoms with Gasteiger partial charge in [-0.1, -0.05) is 60.3 Å². The van der Waals surface area contributed by atoms with E-state index in [0.717, 1.165) is 28.3 Å². The molecule has 4 rings (SSSR count). The number of ether oxygens (including phenoxy) is 1. The molecule has 0 saturated carbocycles. The highest BCUT2D eigenvalue weighted by Gasteiger charge is 2.34. The Morgan fingerprint density at radius 2 is 1.62 bits per heavy atom. The molecular formula is C23H20N2O2S2. The maximum atomic E-state index is 13.1. The monoisotopic (exact) mass is 420 g/mol. The summed E-state index contributed by atoms with van der Waals surface area (Å²) < 4.78 is 8.39. The number of para-hydroxylation sites is 1. The molecule has 3 aromatic rings. The Labute approximate surface area is 179 Å². The number of thiocarbonyl (C=S) groups is 1.